The van der Waals surface area contributed by atoms with Crippen molar-refractivity contribution < 1.29 is 9.53 Å². The largest absolute Gasteiger partial charge is 0.484 e. The van der Waals surface area contributed by atoms with Crippen molar-refractivity contribution >= 4 is 22.9 Å². The zero-order chi connectivity index (χ0) is 15.1. The van der Waals surface area contributed by atoms with Crippen LogP contribution in [-0.4, -0.2) is 19.6 Å². The Bertz CT molecular complexity index is 661. The Balaban J connectivity index is 1.91. The van der Waals surface area contributed by atoms with E-state index in [1.165, 1.54) is 0 Å². The van der Waals surface area contributed by atoms with Crippen molar-refractivity contribution in [1.29, 1.82) is 5.26 Å². The number of benzene rings is 1. The molecule has 21 heavy (non-hydrogen) atoms. The van der Waals surface area contributed by atoms with Crippen LogP contribution in [0.3, 0.4) is 0 Å². The van der Waals surface area contributed by atoms with Gasteiger partial charge in [-0.3, -0.25) is 4.79 Å². The van der Waals surface area contributed by atoms with E-state index < -0.39 is 0 Å². The van der Waals surface area contributed by atoms with Gasteiger partial charge in [-0.2, -0.15) is 5.26 Å². The number of ether oxygens (including phenoxy) is 1. The van der Waals surface area contributed by atoms with Crippen molar-refractivity contribution in [2.24, 2.45) is 0 Å². The second kappa shape index (κ2) is 7.31. The Hall–Kier alpha value is -2.52. The average Bonchev–Trinajstić information content (AvgIpc) is 2.99. The number of hydrogen-bond acceptors (Lipinski definition) is 5. The minimum atomic E-state index is -0.170. The summed E-state index contributed by atoms with van der Waals surface area (Å²) in [6.45, 7) is 0.641. The van der Waals surface area contributed by atoms with Crippen LogP contribution in [0.15, 0.2) is 35.7 Å². The zero-order valence-electron chi connectivity index (χ0n) is 11.6. The number of hydrogen-bond donors (Lipinski definition) is 2. The van der Waals surface area contributed by atoms with Crippen molar-refractivity contribution in [3.63, 3.8) is 0 Å². The van der Waals surface area contributed by atoms with Crippen LogP contribution >= 0.6 is 11.3 Å². The van der Waals surface area contributed by atoms with Gasteiger partial charge in [-0.05, 0) is 18.2 Å². The highest BCUT2D eigenvalue weighted by molar-refractivity contribution is 7.10. The van der Waals surface area contributed by atoms with E-state index in [9.17, 15) is 4.79 Å². The third kappa shape index (κ3) is 4.51. The maximum absolute atomic E-state index is 11.1. The van der Waals surface area contributed by atoms with Crippen molar-refractivity contribution in [3.05, 3.63) is 46.2 Å². The van der Waals surface area contributed by atoms with Gasteiger partial charge in [0.15, 0.2) is 6.61 Å². The second-order valence-electron chi connectivity index (χ2n) is 4.26. The number of carbonyl (C=O) groups is 1. The molecule has 1 aromatic heterocycles. The van der Waals surface area contributed by atoms with Gasteiger partial charge in [0, 0.05) is 35.6 Å². The number of nitriles is 1. The van der Waals surface area contributed by atoms with Gasteiger partial charge in [0.25, 0.3) is 5.91 Å². The number of nitrogens with zero attached hydrogens (tertiary/aromatic N) is 1. The molecule has 2 aromatic rings. The van der Waals surface area contributed by atoms with Crippen LogP contribution in [0.5, 0.6) is 5.75 Å². The smallest absolute Gasteiger partial charge is 0.257 e. The van der Waals surface area contributed by atoms with Crippen LogP contribution in [0.4, 0.5) is 5.69 Å². The van der Waals surface area contributed by atoms with Gasteiger partial charge < -0.3 is 15.4 Å². The predicted molar refractivity (Wildman–Crippen MR) is 82.4 cm³/mol. The van der Waals surface area contributed by atoms with Gasteiger partial charge in [-0.25, -0.2) is 0 Å². The van der Waals surface area contributed by atoms with E-state index in [1.807, 2.05) is 29.6 Å². The molecule has 0 saturated heterocycles. The lowest BCUT2D eigenvalue weighted by Crippen LogP contribution is -2.24. The van der Waals surface area contributed by atoms with Gasteiger partial charge in [-0.15, -0.1) is 11.3 Å². The predicted octanol–water partition coefficient (Wildman–Crippen LogP) is 2.36. The molecule has 2 rings (SSSR count). The van der Waals surface area contributed by atoms with Crippen molar-refractivity contribution in [2.45, 2.75) is 6.54 Å². The maximum atomic E-state index is 11.1. The van der Waals surface area contributed by atoms with E-state index in [0.29, 0.717) is 17.9 Å². The summed E-state index contributed by atoms with van der Waals surface area (Å²) in [5.74, 6) is 0.462. The Morgan fingerprint density at radius 1 is 1.43 bits per heavy atom. The highest BCUT2D eigenvalue weighted by atomic mass is 32.1. The van der Waals surface area contributed by atoms with E-state index in [4.69, 9.17) is 10.00 Å². The molecule has 0 fully saturated rings. The molecule has 108 valence electrons. The SMILES string of the molecule is CNC(=O)COc1cccc(NCc2cc(C#N)cs2)c1. The summed E-state index contributed by atoms with van der Waals surface area (Å²) in [5, 5.41) is 16.4. The van der Waals surface area contributed by atoms with Crippen LogP contribution in [0, 0.1) is 11.3 Å². The minimum Gasteiger partial charge on any atom is -0.484 e. The van der Waals surface area contributed by atoms with Crippen LogP contribution in [0.1, 0.15) is 10.4 Å². The number of anilines is 1. The van der Waals surface area contributed by atoms with E-state index in [1.54, 1.807) is 24.5 Å². The van der Waals surface area contributed by atoms with Gasteiger partial charge >= 0.3 is 0 Å². The Labute approximate surface area is 127 Å². The standard InChI is InChI=1S/C15H15N3O2S/c1-17-15(19)9-20-13-4-2-3-12(6-13)18-8-14-5-11(7-16)10-21-14/h2-6,10,18H,8-9H2,1H3,(H,17,19). The van der Waals surface area contributed by atoms with Gasteiger partial charge in [0.05, 0.1) is 5.56 Å². The first kappa shape index (κ1) is 14.9. The second-order valence-corrected chi connectivity index (χ2v) is 5.25. The summed E-state index contributed by atoms with van der Waals surface area (Å²) in [5.41, 5.74) is 1.58. The molecule has 1 aromatic carbocycles. The molecule has 1 heterocycles. The zero-order valence-corrected chi connectivity index (χ0v) is 12.4. The van der Waals surface area contributed by atoms with E-state index >= 15 is 0 Å². The van der Waals surface area contributed by atoms with Gasteiger partial charge in [-0.1, -0.05) is 6.07 Å². The Morgan fingerprint density at radius 2 is 2.29 bits per heavy atom. The number of rotatable bonds is 6. The molecular formula is C15H15N3O2S. The summed E-state index contributed by atoms with van der Waals surface area (Å²) in [6, 6.07) is 11.4. The lowest BCUT2D eigenvalue weighted by molar-refractivity contribution is -0.122. The van der Waals surface area contributed by atoms with Crippen molar-refractivity contribution in [1.82, 2.24) is 5.32 Å². The molecule has 0 aliphatic heterocycles. The molecule has 0 saturated carbocycles. The molecule has 0 bridgehead atoms. The minimum absolute atomic E-state index is 0.00356. The normalized spacial score (nSPS) is 9.71. The summed E-state index contributed by atoms with van der Waals surface area (Å²) < 4.78 is 5.38. The molecule has 2 N–H and O–H groups in total. The lowest BCUT2D eigenvalue weighted by Gasteiger charge is -2.08. The quantitative estimate of drug-likeness (QED) is 0.859. The summed E-state index contributed by atoms with van der Waals surface area (Å²) in [4.78, 5) is 12.2. The first-order valence-corrected chi connectivity index (χ1v) is 7.24. The van der Waals surface area contributed by atoms with Crippen molar-refractivity contribution in [2.75, 3.05) is 19.0 Å². The molecule has 6 heteroatoms. The fraction of sp³-hybridized carbons (Fsp3) is 0.200. The molecular weight excluding hydrogens is 286 g/mol. The van der Waals surface area contributed by atoms with Crippen LogP contribution in [-0.2, 0) is 11.3 Å². The highest BCUT2D eigenvalue weighted by Crippen LogP contribution is 2.20. The summed E-state index contributed by atoms with van der Waals surface area (Å²) >= 11 is 1.55. The fourth-order valence-corrected chi connectivity index (χ4v) is 2.39. The molecule has 0 spiro atoms. The topological polar surface area (TPSA) is 74.2 Å². The number of carbonyl (C=O) groups excluding carboxylic acids is 1. The fourth-order valence-electron chi connectivity index (χ4n) is 1.64. The third-order valence-electron chi connectivity index (χ3n) is 2.73. The average molecular weight is 301 g/mol. The van der Waals surface area contributed by atoms with Gasteiger partial charge in [0.2, 0.25) is 0 Å². The molecule has 0 aliphatic rings. The van der Waals surface area contributed by atoms with Crippen LogP contribution in [0.25, 0.3) is 0 Å². The first-order valence-electron chi connectivity index (χ1n) is 6.36. The van der Waals surface area contributed by atoms with E-state index in [2.05, 4.69) is 16.7 Å². The third-order valence-corrected chi connectivity index (χ3v) is 3.67. The molecule has 1 amide bonds. The Morgan fingerprint density at radius 3 is 3.00 bits per heavy atom. The monoisotopic (exact) mass is 301 g/mol. The molecule has 0 unspecified atom stereocenters. The molecule has 0 atom stereocenters. The molecule has 5 nitrogen and oxygen atoms in total. The number of likely N-dealkylation sites (N-methyl/N-ethyl adjacent to an activating group) is 1. The highest BCUT2D eigenvalue weighted by Gasteiger charge is 2.02. The maximum Gasteiger partial charge on any atom is 0.257 e. The van der Waals surface area contributed by atoms with E-state index in [-0.39, 0.29) is 12.5 Å². The molecule has 0 aliphatic carbocycles. The van der Waals surface area contributed by atoms with Crippen molar-refractivity contribution in [3.8, 4) is 11.8 Å². The number of amides is 1. The summed E-state index contributed by atoms with van der Waals surface area (Å²) in [7, 11) is 1.57. The van der Waals surface area contributed by atoms with Crippen LogP contribution < -0.4 is 15.4 Å². The first-order chi connectivity index (χ1) is 10.2. The molecule has 0 radical (unpaired) electrons. The lowest BCUT2D eigenvalue weighted by atomic mass is 10.3. The van der Waals surface area contributed by atoms with Gasteiger partial charge in [0.1, 0.15) is 11.8 Å². The number of thiophene rings is 1. The number of nitrogens with one attached hydrogen (secondary N) is 2. The summed E-state index contributed by atoms with van der Waals surface area (Å²) in [6.07, 6.45) is 0. The van der Waals surface area contributed by atoms with Crippen LogP contribution in [0.2, 0.25) is 0 Å². The van der Waals surface area contributed by atoms with E-state index in [0.717, 1.165) is 10.6 Å². The Kier molecular flexibility index (Phi) is 5.18.